The molecule has 2 saturated heterocycles. The second-order valence-corrected chi connectivity index (χ2v) is 25.0. The molecule has 2 fully saturated rings. The number of amides is 1. The highest BCUT2D eigenvalue weighted by Gasteiger charge is 2.51. The van der Waals surface area contributed by atoms with Crippen LogP contribution < -0.4 is 5.32 Å². The number of aliphatic hydroxyl groups is 8. The molecular formula is C73H131NO13. The third-order valence-corrected chi connectivity index (χ3v) is 17.2. The van der Waals surface area contributed by atoms with E-state index in [9.17, 15) is 45.6 Å². The average molecular weight is 1230 g/mol. The van der Waals surface area contributed by atoms with E-state index in [1.807, 2.05) is 0 Å². The number of ether oxygens (including phenoxy) is 4. The number of hydrogen-bond acceptors (Lipinski definition) is 13. The third-order valence-electron chi connectivity index (χ3n) is 17.2. The maximum absolute atomic E-state index is 13.3. The van der Waals surface area contributed by atoms with E-state index in [0.717, 1.165) is 89.9 Å². The van der Waals surface area contributed by atoms with Gasteiger partial charge >= 0.3 is 0 Å². The molecule has 1 amide bonds. The van der Waals surface area contributed by atoms with Gasteiger partial charge in [-0.15, -0.1) is 0 Å². The van der Waals surface area contributed by atoms with E-state index in [4.69, 9.17) is 18.9 Å². The van der Waals surface area contributed by atoms with E-state index in [0.29, 0.717) is 12.8 Å². The van der Waals surface area contributed by atoms with Crippen molar-refractivity contribution in [3.05, 3.63) is 72.9 Å². The lowest BCUT2D eigenvalue weighted by molar-refractivity contribution is -0.359. The molecule has 2 rings (SSSR count). The van der Waals surface area contributed by atoms with Crippen LogP contribution >= 0.6 is 0 Å². The van der Waals surface area contributed by atoms with E-state index in [2.05, 4.69) is 92.1 Å². The molecule has 2 aliphatic heterocycles. The lowest BCUT2D eigenvalue weighted by atomic mass is 9.97. The predicted molar refractivity (Wildman–Crippen MR) is 355 cm³/mol. The molecule has 12 unspecified atom stereocenters. The fourth-order valence-electron chi connectivity index (χ4n) is 11.5. The van der Waals surface area contributed by atoms with Crippen molar-refractivity contribution in [3.63, 3.8) is 0 Å². The fraction of sp³-hybridized carbons (Fsp3) is 0.822. The molecule has 14 nitrogen and oxygen atoms in total. The third kappa shape index (κ3) is 41.5. The van der Waals surface area contributed by atoms with Crippen LogP contribution in [0.4, 0.5) is 0 Å². The van der Waals surface area contributed by atoms with Gasteiger partial charge in [-0.25, -0.2) is 0 Å². The highest BCUT2D eigenvalue weighted by atomic mass is 16.7. The van der Waals surface area contributed by atoms with E-state index in [1.54, 1.807) is 0 Å². The van der Waals surface area contributed by atoms with Gasteiger partial charge in [0.25, 0.3) is 0 Å². The van der Waals surface area contributed by atoms with Gasteiger partial charge in [0.15, 0.2) is 12.6 Å². The number of rotatable bonds is 58. The predicted octanol–water partition coefficient (Wildman–Crippen LogP) is 14.6. The summed E-state index contributed by atoms with van der Waals surface area (Å²) in [6, 6.07) is -0.828. The summed E-state index contributed by atoms with van der Waals surface area (Å²) >= 11 is 0. The minimum Gasteiger partial charge on any atom is -0.394 e. The summed E-state index contributed by atoms with van der Waals surface area (Å²) in [7, 11) is 0. The van der Waals surface area contributed by atoms with Crippen LogP contribution in [0, 0.1) is 0 Å². The Morgan fingerprint density at radius 1 is 0.425 bits per heavy atom. The topological polar surface area (TPSA) is 228 Å². The van der Waals surface area contributed by atoms with Crippen LogP contribution in [0.15, 0.2) is 72.9 Å². The summed E-state index contributed by atoms with van der Waals surface area (Å²) in [6.45, 7) is 2.75. The Kier molecular flexibility index (Phi) is 53.1. The Morgan fingerprint density at radius 2 is 0.793 bits per heavy atom. The van der Waals surface area contributed by atoms with Gasteiger partial charge < -0.3 is 65.1 Å². The SMILES string of the molecule is CC/C=C\C/C=C\C/C=C\C/C=C\C/C=C\C/C=C\CCCCCCCCCCCCCCCCCCCCCCCCC(=O)NC(COC1OC(CO)C(OC2OC(CO)C(O)C(O)C2O)C(O)C1O)C(O)CCCCCCCCCCCCCC. The van der Waals surface area contributed by atoms with Crippen LogP contribution in [0.2, 0.25) is 0 Å². The molecule has 0 spiro atoms. The Labute approximate surface area is 529 Å². The Morgan fingerprint density at radius 3 is 1.22 bits per heavy atom. The largest absolute Gasteiger partial charge is 0.394 e. The number of unbranched alkanes of at least 4 members (excludes halogenated alkanes) is 33. The number of nitrogens with one attached hydrogen (secondary N) is 1. The first-order valence-corrected chi connectivity index (χ1v) is 35.7. The number of carbonyl (C=O) groups excluding carboxylic acids is 1. The van der Waals surface area contributed by atoms with Gasteiger partial charge in [0.1, 0.15) is 48.8 Å². The van der Waals surface area contributed by atoms with Crippen molar-refractivity contribution < 1.29 is 64.6 Å². The molecule has 0 aliphatic carbocycles. The van der Waals surface area contributed by atoms with Crippen LogP contribution in [0.1, 0.15) is 290 Å². The number of aliphatic hydroxyl groups excluding tert-OH is 8. The van der Waals surface area contributed by atoms with Crippen LogP contribution in [-0.4, -0.2) is 140 Å². The van der Waals surface area contributed by atoms with Crippen LogP contribution in [0.5, 0.6) is 0 Å². The first-order chi connectivity index (χ1) is 42.6. The first-order valence-electron chi connectivity index (χ1n) is 35.7. The zero-order valence-corrected chi connectivity index (χ0v) is 55.0. The molecule has 0 aromatic carbocycles. The number of hydrogen-bond donors (Lipinski definition) is 9. The lowest BCUT2D eigenvalue weighted by Gasteiger charge is -2.46. The minimum absolute atomic E-state index is 0.204. The van der Waals surface area contributed by atoms with Gasteiger partial charge in [0, 0.05) is 6.42 Å². The van der Waals surface area contributed by atoms with Crippen molar-refractivity contribution in [2.45, 2.75) is 364 Å². The monoisotopic (exact) mass is 1230 g/mol. The molecule has 12 atom stereocenters. The first kappa shape index (κ1) is 80.5. The number of carbonyl (C=O) groups is 1. The zero-order chi connectivity index (χ0) is 63.1. The zero-order valence-electron chi connectivity index (χ0n) is 55.0. The molecule has 2 aliphatic rings. The Bertz CT molecular complexity index is 1740. The Balaban J connectivity index is 1.53. The second kappa shape index (κ2) is 57.3. The van der Waals surface area contributed by atoms with Gasteiger partial charge in [0.2, 0.25) is 5.91 Å². The normalized spacial score (nSPS) is 23.7. The van der Waals surface area contributed by atoms with E-state index in [1.165, 1.54) is 173 Å². The van der Waals surface area contributed by atoms with Crippen molar-refractivity contribution in [2.75, 3.05) is 19.8 Å². The molecule has 0 aromatic rings. The Hall–Kier alpha value is -2.57. The summed E-state index contributed by atoms with van der Waals surface area (Å²) < 4.78 is 22.9. The summed E-state index contributed by atoms with van der Waals surface area (Å²) in [5.74, 6) is -0.204. The summed E-state index contributed by atoms with van der Waals surface area (Å²) in [5, 5.41) is 87.4. The van der Waals surface area contributed by atoms with Crippen LogP contribution in [0.25, 0.3) is 0 Å². The van der Waals surface area contributed by atoms with E-state index in [-0.39, 0.29) is 12.5 Å². The van der Waals surface area contributed by atoms with Crippen molar-refractivity contribution in [2.24, 2.45) is 0 Å². The standard InChI is InChI=1S/C73H131NO13/c1-3-5-7-9-11-13-15-17-18-19-20-21-22-23-24-25-26-27-28-29-30-31-32-33-34-35-36-37-38-39-40-41-42-43-44-45-47-49-51-53-55-57-65(78)74-61(62(77)56-54-52-50-48-46-16-14-12-10-8-6-4-2)60-84-72-70(83)68(81)71(64(59-76)86-72)87-73-69(82)67(80)66(79)63(58-75)85-73/h5,7,11,13,17-18,20-21,23-24,26-27,61-64,66-73,75-77,79-83H,3-4,6,8-10,12,14-16,19,22,25,28-60H2,1-2H3,(H,74,78)/b7-5-,13-11-,18-17-,21-20-,24-23-,27-26-. The quantitative estimate of drug-likeness (QED) is 0.0204. The van der Waals surface area contributed by atoms with E-state index >= 15 is 0 Å². The van der Waals surface area contributed by atoms with Crippen LogP contribution in [-0.2, 0) is 23.7 Å². The van der Waals surface area contributed by atoms with Crippen molar-refractivity contribution in [3.8, 4) is 0 Å². The molecule has 0 radical (unpaired) electrons. The minimum atomic E-state index is -1.78. The van der Waals surface area contributed by atoms with Gasteiger partial charge in [-0.1, -0.05) is 292 Å². The molecule has 9 N–H and O–H groups in total. The van der Waals surface area contributed by atoms with Crippen molar-refractivity contribution in [1.29, 1.82) is 0 Å². The molecule has 14 heteroatoms. The molecule has 0 saturated carbocycles. The lowest BCUT2D eigenvalue weighted by Crippen LogP contribution is -2.65. The van der Waals surface area contributed by atoms with Crippen molar-refractivity contribution >= 4 is 5.91 Å². The molecule has 2 heterocycles. The highest BCUT2D eigenvalue weighted by molar-refractivity contribution is 5.76. The summed E-state index contributed by atoms with van der Waals surface area (Å²) in [6.07, 6.45) is 60.9. The fourth-order valence-corrected chi connectivity index (χ4v) is 11.5. The average Bonchev–Trinajstić information content (AvgIpc) is 2.31. The van der Waals surface area contributed by atoms with Crippen molar-refractivity contribution in [1.82, 2.24) is 5.32 Å². The molecule has 87 heavy (non-hydrogen) atoms. The second-order valence-electron chi connectivity index (χ2n) is 25.0. The molecular weight excluding hydrogens is 1100 g/mol. The number of allylic oxidation sites excluding steroid dienone is 12. The summed E-state index contributed by atoms with van der Waals surface area (Å²) in [5.41, 5.74) is 0. The summed E-state index contributed by atoms with van der Waals surface area (Å²) in [4.78, 5) is 13.3. The highest BCUT2D eigenvalue weighted by Crippen LogP contribution is 2.30. The van der Waals surface area contributed by atoms with Gasteiger partial charge in [-0.05, 0) is 64.2 Å². The van der Waals surface area contributed by atoms with E-state index < -0.39 is 86.8 Å². The molecule has 506 valence electrons. The molecule has 0 bridgehead atoms. The van der Waals surface area contributed by atoms with Gasteiger partial charge in [0.05, 0.1) is 32.0 Å². The smallest absolute Gasteiger partial charge is 0.220 e. The van der Waals surface area contributed by atoms with Gasteiger partial charge in [-0.3, -0.25) is 4.79 Å². The maximum atomic E-state index is 13.3. The van der Waals surface area contributed by atoms with Crippen LogP contribution in [0.3, 0.4) is 0 Å². The van der Waals surface area contributed by atoms with Gasteiger partial charge in [-0.2, -0.15) is 0 Å². The maximum Gasteiger partial charge on any atom is 0.220 e. The molecule has 0 aromatic heterocycles.